The first kappa shape index (κ1) is 20.8. The third kappa shape index (κ3) is 5.98. The summed E-state index contributed by atoms with van der Waals surface area (Å²) in [7, 11) is 3.51. The number of methoxy groups -OCH3 is 1. The van der Waals surface area contributed by atoms with Crippen molar-refractivity contribution < 1.29 is 4.74 Å². The van der Waals surface area contributed by atoms with Crippen molar-refractivity contribution in [3.05, 3.63) is 36.5 Å². The number of fused-ring (bicyclic) bond motifs is 1. The monoisotopic (exact) mass is 444 g/mol. The van der Waals surface area contributed by atoms with Crippen molar-refractivity contribution in [1.29, 1.82) is 0 Å². The van der Waals surface area contributed by atoms with Crippen LogP contribution in [-0.2, 0) is 11.3 Å². The van der Waals surface area contributed by atoms with Gasteiger partial charge in [-0.2, -0.15) is 0 Å². The molecule has 0 amide bonds. The Kier molecular flexibility index (Phi) is 8.55. The molecule has 0 atom stereocenters. The second-order valence-electron chi connectivity index (χ2n) is 6.24. The van der Waals surface area contributed by atoms with Crippen LogP contribution in [0, 0.1) is 0 Å². The molecule has 0 saturated carbocycles. The van der Waals surface area contributed by atoms with Crippen LogP contribution >= 0.6 is 24.0 Å². The van der Waals surface area contributed by atoms with Crippen molar-refractivity contribution in [2.75, 3.05) is 27.2 Å². The first-order chi connectivity index (χ1) is 11.1. The van der Waals surface area contributed by atoms with Gasteiger partial charge in [0.05, 0.1) is 5.60 Å². The fourth-order valence-electron chi connectivity index (χ4n) is 2.38. The van der Waals surface area contributed by atoms with Crippen molar-refractivity contribution in [1.82, 2.24) is 15.2 Å². The molecule has 0 aliphatic rings. The molecule has 0 aliphatic carbocycles. The maximum atomic E-state index is 5.40. The van der Waals surface area contributed by atoms with Crippen LogP contribution in [0.15, 0.2) is 41.5 Å². The maximum Gasteiger partial charge on any atom is 0.191 e. The highest BCUT2D eigenvalue weighted by Gasteiger charge is 2.16. The van der Waals surface area contributed by atoms with E-state index < -0.39 is 0 Å². The molecule has 0 unspecified atom stereocenters. The average molecular weight is 444 g/mol. The summed E-state index contributed by atoms with van der Waals surface area (Å²) in [6, 6.07) is 10.6. The van der Waals surface area contributed by atoms with Crippen molar-refractivity contribution in [2.24, 2.45) is 4.99 Å². The predicted octanol–water partition coefficient (Wildman–Crippen LogP) is 3.24. The van der Waals surface area contributed by atoms with Gasteiger partial charge < -0.3 is 19.9 Å². The zero-order valence-corrected chi connectivity index (χ0v) is 17.3. The van der Waals surface area contributed by atoms with Crippen molar-refractivity contribution >= 4 is 40.8 Å². The Hall–Kier alpha value is -1.28. The number of nitrogens with one attached hydrogen (secondary N) is 2. The predicted molar refractivity (Wildman–Crippen MR) is 112 cm³/mol. The Morgan fingerprint density at radius 1 is 1.21 bits per heavy atom. The van der Waals surface area contributed by atoms with Crippen molar-refractivity contribution in [2.45, 2.75) is 32.4 Å². The van der Waals surface area contributed by atoms with Gasteiger partial charge in [0.2, 0.25) is 0 Å². The lowest BCUT2D eigenvalue weighted by molar-refractivity contribution is 0.0268. The summed E-state index contributed by atoms with van der Waals surface area (Å²) in [4.78, 5) is 4.24. The molecular weight excluding hydrogens is 415 g/mol. The first-order valence-corrected chi connectivity index (χ1v) is 8.09. The van der Waals surface area contributed by atoms with Gasteiger partial charge in [-0.05, 0) is 37.8 Å². The maximum absolute atomic E-state index is 5.40. The van der Waals surface area contributed by atoms with E-state index in [0.717, 1.165) is 25.5 Å². The zero-order chi connectivity index (χ0) is 16.7. The van der Waals surface area contributed by atoms with Crippen LogP contribution in [0.3, 0.4) is 0 Å². The fraction of sp³-hybridized carbons (Fsp3) is 0.500. The highest BCUT2D eigenvalue weighted by molar-refractivity contribution is 14.0. The largest absolute Gasteiger partial charge is 0.377 e. The molecule has 1 aromatic heterocycles. The summed E-state index contributed by atoms with van der Waals surface area (Å²) >= 11 is 0. The van der Waals surface area contributed by atoms with E-state index in [4.69, 9.17) is 4.74 Å². The number of aromatic nitrogens is 1. The van der Waals surface area contributed by atoms with Crippen LogP contribution in [0.25, 0.3) is 10.9 Å². The molecule has 2 N–H and O–H groups in total. The summed E-state index contributed by atoms with van der Waals surface area (Å²) < 4.78 is 7.69. The van der Waals surface area contributed by atoms with Crippen molar-refractivity contribution in [3.63, 3.8) is 0 Å². The average Bonchev–Trinajstić information content (AvgIpc) is 2.97. The Labute approximate surface area is 161 Å². The number of nitrogens with zero attached hydrogens (tertiary/aromatic N) is 2. The Bertz CT molecular complexity index is 651. The molecule has 24 heavy (non-hydrogen) atoms. The summed E-state index contributed by atoms with van der Waals surface area (Å²) in [6.45, 7) is 6.67. The van der Waals surface area contributed by atoms with Crippen LogP contribution in [0.4, 0.5) is 0 Å². The molecule has 0 spiro atoms. The minimum Gasteiger partial charge on any atom is -0.377 e. The number of aryl methyl sites for hydroxylation is 1. The lowest BCUT2D eigenvalue weighted by Crippen LogP contribution is -2.45. The van der Waals surface area contributed by atoms with Gasteiger partial charge in [-0.15, -0.1) is 24.0 Å². The van der Waals surface area contributed by atoms with Gasteiger partial charge >= 0.3 is 0 Å². The number of aliphatic imine (C=N–C) groups is 1. The minimum absolute atomic E-state index is 0. The van der Waals surface area contributed by atoms with E-state index in [1.54, 1.807) is 14.2 Å². The molecule has 1 heterocycles. The fourth-order valence-corrected chi connectivity index (χ4v) is 2.38. The first-order valence-electron chi connectivity index (χ1n) is 8.09. The molecule has 0 bridgehead atoms. The van der Waals surface area contributed by atoms with E-state index in [2.05, 4.69) is 56.7 Å². The number of halogens is 1. The van der Waals surface area contributed by atoms with Gasteiger partial charge in [-0.3, -0.25) is 4.99 Å². The lowest BCUT2D eigenvalue weighted by atomic mass is 10.1. The number of benzene rings is 1. The van der Waals surface area contributed by atoms with E-state index in [1.807, 2.05) is 13.8 Å². The lowest BCUT2D eigenvalue weighted by Gasteiger charge is -2.24. The van der Waals surface area contributed by atoms with Crippen molar-refractivity contribution in [3.8, 4) is 0 Å². The quantitative estimate of drug-likeness (QED) is 0.299. The number of ether oxygens (including phenoxy) is 1. The second-order valence-corrected chi connectivity index (χ2v) is 6.24. The van der Waals surface area contributed by atoms with E-state index in [9.17, 15) is 0 Å². The summed E-state index contributed by atoms with van der Waals surface area (Å²) in [6.07, 6.45) is 3.19. The molecule has 6 heteroatoms. The van der Waals surface area contributed by atoms with Gasteiger partial charge in [-0.1, -0.05) is 18.2 Å². The molecular formula is C18H29IN4O. The van der Waals surface area contributed by atoms with E-state index in [0.29, 0.717) is 6.54 Å². The molecule has 5 nitrogen and oxygen atoms in total. The van der Waals surface area contributed by atoms with Gasteiger partial charge in [0, 0.05) is 45.5 Å². The topological polar surface area (TPSA) is 50.6 Å². The Morgan fingerprint density at radius 3 is 2.67 bits per heavy atom. The molecule has 0 radical (unpaired) electrons. The molecule has 0 fully saturated rings. The van der Waals surface area contributed by atoms with Gasteiger partial charge in [0.15, 0.2) is 5.96 Å². The normalized spacial score (nSPS) is 12.1. The molecule has 0 saturated heterocycles. The van der Waals surface area contributed by atoms with Gasteiger partial charge in [-0.25, -0.2) is 0 Å². The van der Waals surface area contributed by atoms with Gasteiger partial charge in [0.25, 0.3) is 0 Å². The Balaban J connectivity index is 0.00000288. The van der Waals surface area contributed by atoms with Crippen LogP contribution in [0.2, 0.25) is 0 Å². The van der Waals surface area contributed by atoms with Crippen LogP contribution in [-0.4, -0.2) is 43.4 Å². The number of guanidine groups is 1. The Morgan fingerprint density at radius 2 is 1.96 bits per heavy atom. The SMILES string of the molecule is CN=C(NCCCn1ccc2ccccc21)NCC(C)(C)OC.I. The summed E-state index contributed by atoms with van der Waals surface area (Å²) in [5.74, 6) is 0.812. The van der Waals surface area contributed by atoms with E-state index >= 15 is 0 Å². The molecule has 1 aromatic carbocycles. The summed E-state index contributed by atoms with van der Waals surface area (Å²) in [5, 5.41) is 7.93. The van der Waals surface area contributed by atoms with Crippen LogP contribution in [0.1, 0.15) is 20.3 Å². The minimum atomic E-state index is -0.207. The van der Waals surface area contributed by atoms with Crippen LogP contribution in [0.5, 0.6) is 0 Å². The third-order valence-corrected chi connectivity index (χ3v) is 4.01. The van der Waals surface area contributed by atoms with Gasteiger partial charge in [0.1, 0.15) is 0 Å². The third-order valence-electron chi connectivity index (χ3n) is 4.01. The highest BCUT2D eigenvalue weighted by atomic mass is 127. The highest BCUT2D eigenvalue weighted by Crippen LogP contribution is 2.15. The zero-order valence-electron chi connectivity index (χ0n) is 15.0. The standard InChI is InChI=1S/C18H28N4O.HI/c1-18(2,23-4)14-21-17(19-3)20-11-7-12-22-13-10-15-8-5-6-9-16(15)22;/h5-6,8-10,13H,7,11-12,14H2,1-4H3,(H2,19,20,21);1H. The number of para-hydroxylation sites is 1. The second kappa shape index (κ2) is 9.88. The van der Waals surface area contributed by atoms with E-state index in [-0.39, 0.29) is 29.6 Å². The summed E-state index contributed by atoms with van der Waals surface area (Å²) in [5.41, 5.74) is 1.08. The number of rotatable bonds is 7. The molecule has 2 rings (SSSR count). The van der Waals surface area contributed by atoms with E-state index in [1.165, 1.54) is 10.9 Å². The number of hydrogen-bond donors (Lipinski definition) is 2. The molecule has 134 valence electrons. The smallest absolute Gasteiger partial charge is 0.191 e. The molecule has 0 aliphatic heterocycles. The molecule has 2 aromatic rings. The number of hydrogen-bond acceptors (Lipinski definition) is 2. The van der Waals surface area contributed by atoms with Crippen LogP contribution < -0.4 is 10.6 Å².